The Labute approximate surface area is 148 Å². The van der Waals surface area contributed by atoms with Crippen LogP contribution in [0.3, 0.4) is 0 Å². The number of ether oxygens (including phenoxy) is 1. The Morgan fingerprint density at radius 2 is 1.96 bits per heavy atom. The van der Waals surface area contributed by atoms with Crippen LogP contribution >= 0.6 is 0 Å². The van der Waals surface area contributed by atoms with Crippen LogP contribution < -0.4 is 15.4 Å². The van der Waals surface area contributed by atoms with Gasteiger partial charge >= 0.3 is 12.6 Å². The number of carbonyl (C=O) groups excluding carboxylic acids is 1. The fourth-order valence-electron chi connectivity index (χ4n) is 2.35. The van der Waals surface area contributed by atoms with Crippen LogP contribution in [-0.4, -0.2) is 17.6 Å². The monoisotopic (exact) mass is 365 g/mol. The van der Waals surface area contributed by atoms with Gasteiger partial charge in [0.05, 0.1) is 11.0 Å². The molecule has 138 valence electrons. The van der Waals surface area contributed by atoms with Crippen molar-refractivity contribution in [1.82, 2.24) is 5.32 Å². The highest BCUT2D eigenvalue weighted by molar-refractivity contribution is 5.89. The van der Waals surface area contributed by atoms with E-state index in [2.05, 4.69) is 15.4 Å². The molecule has 0 aliphatic heterocycles. The molecular weight excluding hydrogens is 348 g/mol. The summed E-state index contributed by atoms with van der Waals surface area (Å²) < 4.78 is 28.9. The number of nitrogens with zero attached hydrogens (tertiary/aromatic N) is 1. The number of hydrogen-bond donors (Lipinski definition) is 2. The Morgan fingerprint density at radius 3 is 2.58 bits per heavy atom. The quantitative estimate of drug-likeness (QED) is 0.586. The molecule has 0 fully saturated rings. The second-order valence-corrected chi connectivity index (χ2v) is 5.53. The van der Waals surface area contributed by atoms with Gasteiger partial charge in [-0.3, -0.25) is 10.1 Å². The van der Waals surface area contributed by atoms with Gasteiger partial charge in [-0.15, -0.1) is 0 Å². The van der Waals surface area contributed by atoms with Crippen molar-refractivity contribution in [2.75, 3.05) is 5.32 Å². The van der Waals surface area contributed by atoms with E-state index >= 15 is 0 Å². The Hall–Kier alpha value is -3.23. The summed E-state index contributed by atoms with van der Waals surface area (Å²) in [6.07, 6.45) is 0. The normalized spacial score (nSPS) is 11.7. The molecule has 2 amide bonds. The Kier molecular flexibility index (Phi) is 6.05. The summed E-state index contributed by atoms with van der Waals surface area (Å²) in [6.45, 7) is 0.322. The Bertz CT molecular complexity index is 814. The fourth-order valence-corrected chi connectivity index (χ4v) is 2.35. The van der Waals surface area contributed by atoms with Gasteiger partial charge in [-0.1, -0.05) is 12.1 Å². The van der Waals surface area contributed by atoms with E-state index in [1.165, 1.54) is 30.3 Å². The lowest BCUT2D eigenvalue weighted by Gasteiger charge is -2.16. The van der Waals surface area contributed by atoms with E-state index < -0.39 is 23.6 Å². The highest BCUT2D eigenvalue weighted by Crippen LogP contribution is 2.23. The number of nitro benzene ring substituents is 1. The lowest BCUT2D eigenvalue weighted by molar-refractivity contribution is -0.385. The lowest BCUT2D eigenvalue weighted by Crippen LogP contribution is -2.31. The van der Waals surface area contributed by atoms with Crippen LogP contribution in [0.5, 0.6) is 5.75 Å². The molecule has 7 nitrogen and oxygen atoms in total. The van der Waals surface area contributed by atoms with Crippen molar-refractivity contribution in [1.29, 1.82) is 0 Å². The van der Waals surface area contributed by atoms with E-state index in [9.17, 15) is 23.7 Å². The number of alkyl halides is 2. The standard InChI is InChI=1S/C17H17F2N3O4/c1-10-8-13(6-7-15(10)22(24)25)21-17(23)20-11(2)12-4-3-5-14(9-12)26-16(18)19/h3-9,11,16H,1-2H3,(H2,20,21,23). The molecule has 0 aliphatic carbocycles. The number of urea groups is 1. The minimum absolute atomic E-state index is 0.00227. The molecule has 0 radical (unpaired) electrons. The average molecular weight is 365 g/mol. The van der Waals surface area contributed by atoms with Gasteiger partial charge in [0.15, 0.2) is 0 Å². The van der Waals surface area contributed by atoms with Crippen LogP contribution in [-0.2, 0) is 0 Å². The van der Waals surface area contributed by atoms with Crippen molar-refractivity contribution < 1.29 is 23.2 Å². The molecular formula is C17H17F2N3O4. The first-order valence-corrected chi connectivity index (χ1v) is 7.63. The first-order valence-electron chi connectivity index (χ1n) is 7.63. The van der Waals surface area contributed by atoms with Crippen molar-refractivity contribution in [3.63, 3.8) is 0 Å². The third-order valence-corrected chi connectivity index (χ3v) is 3.58. The van der Waals surface area contributed by atoms with Gasteiger partial charge in [0.1, 0.15) is 5.75 Å². The average Bonchev–Trinajstić information content (AvgIpc) is 2.54. The number of hydrogen-bond acceptors (Lipinski definition) is 4. The van der Waals surface area contributed by atoms with Crippen LogP contribution in [0.25, 0.3) is 0 Å². The third-order valence-electron chi connectivity index (χ3n) is 3.58. The molecule has 0 aromatic heterocycles. The van der Waals surface area contributed by atoms with Gasteiger partial charge in [-0.2, -0.15) is 8.78 Å². The van der Waals surface area contributed by atoms with Gasteiger partial charge in [0.25, 0.3) is 5.69 Å². The molecule has 1 atom stereocenters. The molecule has 0 saturated heterocycles. The SMILES string of the molecule is Cc1cc(NC(=O)NC(C)c2cccc(OC(F)F)c2)ccc1[N+](=O)[O-]. The molecule has 2 rings (SSSR count). The van der Waals surface area contributed by atoms with Crippen molar-refractivity contribution in [3.05, 3.63) is 63.7 Å². The van der Waals surface area contributed by atoms with Crippen LogP contribution in [0.2, 0.25) is 0 Å². The zero-order valence-corrected chi connectivity index (χ0v) is 14.0. The maximum Gasteiger partial charge on any atom is 0.387 e. The summed E-state index contributed by atoms with van der Waals surface area (Å²) in [7, 11) is 0. The number of aryl methyl sites for hydroxylation is 1. The first-order chi connectivity index (χ1) is 12.3. The van der Waals surface area contributed by atoms with Crippen LogP contribution in [0, 0.1) is 17.0 Å². The van der Waals surface area contributed by atoms with E-state index in [-0.39, 0.29) is 11.4 Å². The minimum atomic E-state index is -2.93. The topological polar surface area (TPSA) is 93.5 Å². The van der Waals surface area contributed by atoms with Gasteiger partial charge in [0, 0.05) is 17.3 Å². The number of amides is 2. The molecule has 0 spiro atoms. The van der Waals surface area contributed by atoms with E-state index in [1.54, 1.807) is 26.0 Å². The highest BCUT2D eigenvalue weighted by Gasteiger charge is 2.14. The van der Waals surface area contributed by atoms with Crippen LogP contribution in [0.4, 0.5) is 25.0 Å². The van der Waals surface area contributed by atoms with Crippen LogP contribution in [0.1, 0.15) is 24.1 Å². The number of nitro groups is 1. The molecule has 0 heterocycles. The number of rotatable bonds is 6. The third kappa shape index (κ3) is 5.13. The number of carbonyl (C=O) groups is 1. The summed E-state index contributed by atoms with van der Waals surface area (Å²) in [4.78, 5) is 22.4. The van der Waals surface area contributed by atoms with Crippen LogP contribution in [0.15, 0.2) is 42.5 Å². The maximum absolute atomic E-state index is 12.3. The number of nitrogens with one attached hydrogen (secondary N) is 2. The molecule has 2 aromatic carbocycles. The smallest absolute Gasteiger partial charge is 0.387 e. The van der Waals surface area contributed by atoms with Crippen molar-refractivity contribution in [2.24, 2.45) is 0 Å². The summed E-state index contributed by atoms with van der Waals surface area (Å²) >= 11 is 0. The minimum Gasteiger partial charge on any atom is -0.435 e. The van der Waals surface area contributed by atoms with Crippen molar-refractivity contribution in [2.45, 2.75) is 26.5 Å². The molecule has 0 aliphatic rings. The van der Waals surface area contributed by atoms with Crippen molar-refractivity contribution in [3.8, 4) is 5.75 Å². The number of halogens is 2. The first kappa shape index (κ1) is 19.1. The van der Waals surface area contributed by atoms with E-state index in [1.807, 2.05) is 0 Å². The zero-order valence-electron chi connectivity index (χ0n) is 14.0. The van der Waals surface area contributed by atoms with Gasteiger partial charge in [-0.25, -0.2) is 4.79 Å². The molecule has 9 heteroatoms. The molecule has 2 aromatic rings. The largest absolute Gasteiger partial charge is 0.435 e. The summed E-state index contributed by atoms with van der Waals surface area (Å²) in [5.74, 6) is -0.00227. The predicted octanol–water partition coefficient (Wildman–Crippen LogP) is 4.39. The van der Waals surface area contributed by atoms with Gasteiger partial charge in [-0.05, 0) is 43.7 Å². The van der Waals surface area contributed by atoms with Crippen molar-refractivity contribution >= 4 is 17.4 Å². The fraction of sp³-hybridized carbons (Fsp3) is 0.235. The molecule has 0 bridgehead atoms. The van der Waals surface area contributed by atoms with E-state index in [0.29, 0.717) is 16.8 Å². The summed E-state index contributed by atoms with van der Waals surface area (Å²) in [6, 6.07) is 9.21. The number of benzene rings is 2. The molecule has 2 N–H and O–H groups in total. The zero-order chi connectivity index (χ0) is 19.3. The maximum atomic E-state index is 12.3. The lowest BCUT2D eigenvalue weighted by atomic mass is 10.1. The molecule has 1 unspecified atom stereocenters. The Balaban J connectivity index is 2.01. The number of anilines is 1. The summed E-state index contributed by atoms with van der Waals surface area (Å²) in [5.41, 5.74) is 1.35. The second kappa shape index (κ2) is 8.24. The molecule has 26 heavy (non-hydrogen) atoms. The van der Waals surface area contributed by atoms with Gasteiger partial charge in [0.2, 0.25) is 0 Å². The second-order valence-electron chi connectivity index (χ2n) is 5.53. The van der Waals surface area contributed by atoms with E-state index in [4.69, 9.17) is 0 Å². The Morgan fingerprint density at radius 1 is 1.23 bits per heavy atom. The van der Waals surface area contributed by atoms with E-state index in [0.717, 1.165) is 0 Å². The van der Waals surface area contributed by atoms with Gasteiger partial charge < -0.3 is 15.4 Å². The molecule has 0 saturated carbocycles. The highest BCUT2D eigenvalue weighted by atomic mass is 19.3. The predicted molar refractivity (Wildman–Crippen MR) is 91.5 cm³/mol. The summed E-state index contributed by atoms with van der Waals surface area (Å²) in [5, 5.41) is 16.0.